The first-order valence-electron chi connectivity index (χ1n) is 7.31. The van der Waals surface area contributed by atoms with Crippen LogP contribution < -0.4 is 20.5 Å². The van der Waals surface area contributed by atoms with Gasteiger partial charge in [0.25, 0.3) is 0 Å². The van der Waals surface area contributed by atoms with Crippen LogP contribution in [0.5, 0.6) is 11.5 Å². The number of nitrogens with zero attached hydrogens (tertiary/aromatic N) is 1. The Kier molecular flexibility index (Phi) is 4.20. The van der Waals surface area contributed by atoms with Gasteiger partial charge in [-0.2, -0.15) is 0 Å². The van der Waals surface area contributed by atoms with Crippen molar-refractivity contribution in [3.8, 4) is 22.8 Å². The van der Waals surface area contributed by atoms with E-state index in [-0.39, 0.29) is 0 Å². The van der Waals surface area contributed by atoms with E-state index in [9.17, 15) is 4.79 Å². The lowest BCUT2D eigenvalue weighted by atomic mass is 10.1. The maximum atomic E-state index is 11.4. The molecule has 24 heavy (non-hydrogen) atoms. The Balaban J connectivity index is 2.26. The monoisotopic (exact) mass is 323 g/mol. The molecule has 0 aliphatic carbocycles. The molecule has 0 aliphatic heterocycles. The average molecular weight is 323 g/mol. The highest BCUT2D eigenvalue weighted by Crippen LogP contribution is 2.35. The van der Waals surface area contributed by atoms with Crippen LogP contribution in [0, 0.1) is 0 Å². The summed E-state index contributed by atoms with van der Waals surface area (Å²) < 4.78 is 10.6. The molecule has 122 valence electrons. The Bertz CT molecular complexity index is 895. The van der Waals surface area contributed by atoms with E-state index in [4.69, 9.17) is 15.2 Å². The van der Waals surface area contributed by atoms with Crippen LogP contribution in [-0.4, -0.2) is 25.2 Å². The molecule has 1 aromatic heterocycles. The summed E-state index contributed by atoms with van der Waals surface area (Å²) >= 11 is 0. The molecule has 0 atom stereocenters. The van der Waals surface area contributed by atoms with Gasteiger partial charge in [-0.3, -0.25) is 0 Å². The molecule has 0 saturated carbocycles. The Morgan fingerprint density at radius 1 is 1.04 bits per heavy atom. The van der Waals surface area contributed by atoms with Gasteiger partial charge >= 0.3 is 6.03 Å². The summed E-state index contributed by atoms with van der Waals surface area (Å²) in [6, 6.07) is 14.3. The Morgan fingerprint density at radius 2 is 1.71 bits per heavy atom. The van der Waals surface area contributed by atoms with Gasteiger partial charge in [-0.1, -0.05) is 30.3 Å². The number of amides is 2. The lowest BCUT2D eigenvalue weighted by Crippen LogP contribution is -2.20. The topological polar surface area (TPSA) is 86.5 Å². The summed E-state index contributed by atoms with van der Waals surface area (Å²) in [5.41, 5.74) is 8.06. The molecule has 2 amide bonds. The number of carbonyl (C=O) groups excluding carboxylic acids is 1. The van der Waals surface area contributed by atoms with Gasteiger partial charge in [0, 0.05) is 17.0 Å². The molecule has 0 aliphatic rings. The zero-order valence-electron chi connectivity index (χ0n) is 13.4. The second kappa shape index (κ2) is 6.45. The second-order valence-electron chi connectivity index (χ2n) is 5.14. The van der Waals surface area contributed by atoms with E-state index >= 15 is 0 Å². The van der Waals surface area contributed by atoms with Gasteiger partial charge in [0.05, 0.1) is 31.1 Å². The van der Waals surface area contributed by atoms with Crippen LogP contribution in [0.4, 0.5) is 10.5 Å². The number of carbonyl (C=O) groups is 1. The molecule has 6 nitrogen and oxygen atoms in total. The number of benzene rings is 2. The maximum absolute atomic E-state index is 11.4. The standard InChI is InChI=1S/C18H17N3O3/c1-23-15-9-12-8-14(21-18(19)22)17(11-6-4-3-5-7-11)20-13(12)10-16(15)24-2/h3-10H,1-2H3,(H3,19,21,22). The van der Waals surface area contributed by atoms with Gasteiger partial charge in [0.2, 0.25) is 0 Å². The van der Waals surface area contributed by atoms with E-state index in [0.717, 1.165) is 16.5 Å². The van der Waals surface area contributed by atoms with Crippen molar-refractivity contribution in [2.75, 3.05) is 19.5 Å². The van der Waals surface area contributed by atoms with E-state index in [1.807, 2.05) is 42.5 Å². The number of nitrogens with one attached hydrogen (secondary N) is 1. The van der Waals surface area contributed by atoms with Crippen molar-refractivity contribution in [2.45, 2.75) is 0 Å². The SMILES string of the molecule is COc1cc2cc(NC(N)=O)c(-c3ccccc3)nc2cc1OC. The molecule has 0 saturated heterocycles. The zero-order chi connectivity index (χ0) is 17.1. The van der Waals surface area contributed by atoms with Gasteiger partial charge in [-0.25, -0.2) is 9.78 Å². The van der Waals surface area contributed by atoms with Gasteiger partial charge in [0.1, 0.15) is 0 Å². The number of rotatable bonds is 4. The highest BCUT2D eigenvalue weighted by Gasteiger charge is 2.13. The number of methoxy groups -OCH3 is 2. The number of primary amides is 1. The van der Waals surface area contributed by atoms with Crippen LogP contribution in [0.3, 0.4) is 0 Å². The smallest absolute Gasteiger partial charge is 0.316 e. The minimum absolute atomic E-state index is 0.536. The van der Waals surface area contributed by atoms with Gasteiger partial charge < -0.3 is 20.5 Å². The van der Waals surface area contributed by atoms with Crippen molar-refractivity contribution in [1.82, 2.24) is 4.98 Å². The Labute approximate surface area is 139 Å². The van der Waals surface area contributed by atoms with Crippen LogP contribution in [0.2, 0.25) is 0 Å². The number of aromatic nitrogens is 1. The molecular weight excluding hydrogens is 306 g/mol. The van der Waals surface area contributed by atoms with Crippen LogP contribution in [-0.2, 0) is 0 Å². The number of nitrogens with two attached hydrogens (primary N) is 1. The molecule has 2 aromatic carbocycles. The molecular formula is C18H17N3O3. The number of urea groups is 1. The zero-order valence-corrected chi connectivity index (χ0v) is 13.4. The molecule has 6 heteroatoms. The normalized spacial score (nSPS) is 10.4. The summed E-state index contributed by atoms with van der Waals surface area (Å²) in [4.78, 5) is 16.0. The molecule has 3 N–H and O–H groups in total. The average Bonchev–Trinajstić information content (AvgIpc) is 2.60. The first-order valence-corrected chi connectivity index (χ1v) is 7.31. The van der Waals surface area contributed by atoms with Gasteiger partial charge in [-0.05, 0) is 12.1 Å². The number of anilines is 1. The third-order valence-corrected chi connectivity index (χ3v) is 3.63. The molecule has 0 spiro atoms. The maximum Gasteiger partial charge on any atom is 0.316 e. The number of pyridine rings is 1. The molecule has 0 bridgehead atoms. The minimum Gasteiger partial charge on any atom is -0.493 e. The van der Waals surface area contributed by atoms with Gasteiger partial charge in [0.15, 0.2) is 11.5 Å². The number of hydrogen-bond acceptors (Lipinski definition) is 4. The number of ether oxygens (including phenoxy) is 2. The lowest BCUT2D eigenvalue weighted by Gasteiger charge is -2.13. The predicted octanol–water partition coefficient (Wildman–Crippen LogP) is 3.41. The van der Waals surface area contributed by atoms with E-state index < -0.39 is 6.03 Å². The van der Waals surface area contributed by atoms with Crippen molar-refractivity contribution < 1.29 is 14.3 Å². The number of fused-ring (bicyclic) bond motifs is 1. The Hall–Kier alpha value is -3.28. The summed E-state index contributed by atoms with van der Waals surface area (Å²) in [7, 11) is 3.14. The molecule has 3 rings (SSSR count). The Morgan fingerprint density at radius 3 is 2.33 bits per heavy atom. The second-order valence-corrected chi connectivity index (χ2v) is 5.14. The van der Waals surface area contributed by atoms with Crippen molar-refractivity contribution >= 4 is 22.6 Å². The fourth-order valence-electron chi connectivity index (χ4n) is 2.55. The fourth-order valence-corrected chi connectivity index (χ4v) is 2.55. The molecule has 0 fully saturated rings. The van der Waals surface area contributed by atoms with Crippen LogP contribution >= 0.6 is 0 Å². The summed E-state index contributed by atoms with van der Waals surface area (Å²) in [5, 5.41) is 3.44. The molecule has 3 aromatic rings. The summed E-state index contributed by atoms with van der Waals surface area (Å²) in [6.07, 6.45) is 0. The summed E-state index contributed by atoms with van der Waals surface area (Å²) in [5.74, 6) is 1.18. The van der Waals surface area contributed by atoms with Crippen LogP contribution in [0.15, 0.2) is 48.5 Å². The lowest BCUT2D eigenvalue weighted by molar-refractivity contribution is 0.259. The third-order valence-electron chi connectivity index (χ3n) is 3.63. The highest BCUT2D eigenvalue weighted by molar-refractivity contribution is 5.97. The molecule has 0 unspecified atom stereocenters. The van der Waals surface area contributed by atoms with E-state index in [1.54, 1.807) is 20.3 Å². The largest absolute Gasteiger partial charge is 0.493 e. The van der Waals surface area contributed by atoms with E-state index in [1.165, 1.54) is 0 Å². The fraction of sp³-hybridized carbons (Fsp3) is 0.111. The van der Waals surface area contributed by atoms with Crippen LogP contribution in [0.25, 0.3) is 22.2 Å². The third kappa shape index (κ3) is 2.94. The molecule has 0 radical (unpaired) electrons. The van der Waals surface area contributed by atoms with Crippen molar-refractivity contribution in [2.24, 2.45) is 5.73 Å². The van der Waals surface area contributed by atoms with Crippen molar-refractivity contribution in [1.29, 1.82) is 0 Å². The van der Waals surface area contributed by atoms with Crippen molar-refractivity contribution in [3.63, 3.8) is 0 Å². The first kappa shape index (κ1) is 15.6. The predicted molar refractivity (Wildman–Crippen MR) is 93.5 cm³/mol. The first-order chi connectivity index (χ1) is 11.6. The molecule has 1 heterocycles. The minimum atomic E-state index is -0.645. The van der Waals surface area contributed by atoms with Crippen LogP contribution in [0.1, 0.15) is 0 Å². The van der Waals surface area contributed by atoms with Gasteiger partial charge in [-0.15, -0.1) is 0 Å². The highest BCUT2D eigenvalue weighted by atomic mass is 16.5. The van der Waals surface area contributed by atoms with Crippen molar-refractivity contribution in [3.05, 3.63) is 48.5 Å². The van der Waals surface area contributed by atoms with E-state index in [2.05, 4.69) is 10.3 Å². The number of hydrogen-bond donors (Lipinski definition) is 2. The quantitative estimate of drug-likeness (QED) is 0.770. The summed E-state index contributed by atoms with van der Waals surface area (Å²) in [6.45, 7) is 0. The van der Waals surface area contributed by atoms with E-state index in [0.29, 0.717) is 22.9 Å².